The Morgan fingerprint density at radius 1 is 1.27 bits per heavy atom. The van der Waals surface area contributed by atoms with E-state index < -0.39 is 0 Å². The lowest BCUT2D eigenvalue weighted by Crippen LogP contribution is -2.24. The van der Waals surface area contributed by atoms with Crippen molar-refractivity contribution in [1.82, 2.24) is 0 Å². The number of rotatable bonds is 6. The maximum absolute atomic E-state index is 12.2. The first kappa shape index (κ1) is 17.8. The van der Waals surface area contributed by atoms with Gasteiger partial charge in [0.05, 0.1) is 12.8 Å². The zero-order valence-electron chi connectivity index (χ0n) is 14.7. The van der Waals surface area contributed by atoms with Crippen LogP contribution in [0.15, 0.2) is 42.5 Å². The molecular weight excluding hydrogens is 332 g/mol. The molecule has 2 N–H and O–H groups in total. The van der Waals surface area contributed by atoms with E-state index in [1.165, 1.54) is 0 Å². The van der Waals surface area contributed by atoms with Gasteiger partial charge in [0.2, 0.25) is 11.8 Å². The van der Waals surface area contributed by atoms with Gasteiger partial charge in [-0.15, -0.1) is 0 Å². The van der Waals surface area contributed by atoms with Crippen LogP contribution < -0.4 is 15.0 Å². The third kappa shape index (κ3) is 3.96. The highest BCUT2D eigenvalue weighted by Gasteiger charge is 2.24. The van der Waals surface area contributed by atoms with Crippen molar-refractivity contribution >= 4 is 23.2 Å². The molecule has 6 nitrogen and oxygen atoms in total. The number of nitrogens with zero attached hydrogens (tertiary/aromatic N) is 1. The molecule has 1 heterocycles. The molecule has 0 unspecified atom stereocenters. The molecule has 0 spiro atoms. The zero-order chi connectivity index (χ0) is 18.5. The summed E-state index contributed by atoms with van der Waals surface area (Å²) in [5.41, 5.74) is 2.03. The molecule has 1 aliphatic heterocycles. The molecule has 2 aromatic carbocycles. The molecule has 2 aromatic rings. The Bertz CT molecular complexity index is 819. The number of aromatic hydroxyl groups is 1. The second kappa shape index (κ2) is 7.91. The summed E-state index contributed by atoms with van der Waals surface area (Å²) in [4.78, 5) is 26.0. The van der Waals surface area contributed by atoms with Crippen LogP contribution in [0.2, 0.25) is 0 Å². The number of amides is 2. The second-order valence-corrected chi connectivity index (χ2v) is 6.21. The Morgan fingerprint density at radius 3 is 2.77 bits per heavy atom. The predicted molar refractivity (Wildman–Crippen MR) is 99.6 cm³/mol. The first-order chi connectivity index (χ1) is 12.6. The van der Waals surface area contributed by atoms with Crippen molar-refractivity contribution in [2.24, 2.45) is 0 Å². The minimum atomic E-state index is -0.155. The maximum atomic E-state index is 12.2. The van der Waals surface area contributed by atoms with Crippen LogP contribution in [0.3, 0.4) is 0 Å². The molecule has 0 aliphatic carbocycles. The van der Waals surface area contributed by atoms with Crippen molar-refractivity contribution in [3.63, 3.8) is 0 Å². The predicted octanol–water partition coefficient (Wildman–Crippen LogP) is 3.10. The van der Waals surface area contributed by atoms with Crippen molar-refractivity contribution < 1.29 is 19.4 Å². The number of methoxy groups -OCH3 is 1. The Hall–Kier alpha value is -3.02. The van der Waals surface area contributed by atoms with Crippen molar-refractivity contribution in [3.05, 3.63) is 48.0 Å². The van der Waals surface area contributed by atoms with Crippen LogP contribution in [0.1, 0.15) is 24.8 Å². The summed E-state index contributed by atoms with van der Waals surface area (Å²) in [6, 6.07) is 12.2. The summed E-state index contributed by atoms with van der Waals surface area (Å²) in [6.45, 7) is 0.653. The number of carbonyl (C=O) groups excluding carboxylic acids is 2. The highest BCUT2D eigenvalue weighted by molar-refractivity contribution is 5.98. The van der Waals surface area contributed by atoms with Gasteiger partial charge >= 0.3 is 0 Å². The van der Waals surface area contributed by atoms with Crippen molar-refractivity contribution in [2.45, 2.75) is 25.7 Å². The molecule has 1 fully saturated rings. The van der Waals surface area contributed by atoms with Crippen molar-refractivity contribution in [1.29, 1.82) is 0 Å². The molecule has 136 valence electrons. The minimum absolute atomic E-state index is 0.0614. The molecule has 0 saturated carbocycles. The first-order valence-electron chi connectivity index (χ1n) is 8.63. The number of phenols is 1. The van der Waals surface area contributed by atoms with E-state index in [0.29, 0.717) is 36.5 Å². The van der Waals surface area contributed by atoms with Gasteiger partial charge in [0.15, 0.2) is 0 Å². The van der Waals surface area contributed by atoms with Gasteiger partial charge < -0.3 is 20.1 Å². The molecule has 0 atom stereocenters. The highest BCUT2D eigenvalue weighted by Crippen LogP contribution is 2.34. The molecule has 0 bridgehead atoms. The maximum Gasteiger partial charge on any atom is 0.227 e. The van der Waals surface area contributed by atoms with Gasteiger partial charge in [-0.25, -0.2) is 0 Å². The summed E-state index contributed by atoms with van der Waals surface area (Å²) in [5, 5.41) is 12.6. The van der Waals surface area contributed by atoms with Crippen LogP contribution in [0.4, 0.5) is 11.4 Å². The molecule has 0 aromatic heterocycles. The van der Waals surface area contributed by atoms with E-state index >= 15 is 0 Å². The monoisotopic (exact) mass is 354 g/mol. The number of aryl methyl sites for hydroxylation is 1. The van der Waals surface area contributed by atoms with E-state index in [0.717, 1.165) is 12.0 Å². The van der Waals surface area contributed by atoms with Crippen LogP contribution in [0.25, 0.3) is 0 Å². The Morgan fingerprint density at radius 2 is 2.08 bits per heavy atom. The fraction of sp³-hybridized carbons (Fsp3) is 0.300. The topological polar surface area (TPSA) is 78.9 Å². The average molecular weight is 354 g/mol. The van der Waals surface area contributed by atoms with E-state index in [4.69, 9.17) is 4.74 Å². The average Bonchev–Trinajstić information content (AvgIpc) is 3.07. The van der Waals surface area contributed by atoms with E-state index in [2.05, 4.69) is 5.32 Å². The molecule has 2 amide bonds. The molecule has 1 saturated heterocycles. The Labute approximate surface area is 152 Å². The zero-order valence-corrected chi connectivity index (χ0v) is 14.7. The standard InChI is InChI=1S/C20H22N2O4/c1-26-18-10-9-15(13-16(18)22-12-4-7-20(22)25)21-19(24)11-8-14-5-2-3-6-17(14)23/h2-3,5-6,9-10,13,23H,4,7-8,11-12H2,1H3,(H,21,24). The van der Waals surface area contributed by atoms with Gasteiger partial charge in [-0.3, -0.25) is 9.59 Å². The third-order valence-electron chi connectivity index (χ3n) is 4.44. The number of para-hydroxylation sites is 1. The summed E-state index contributed by atoms with van der Waals surface area (Å²) in [6.07, 6.45) is 2.05. The molecule has 0 radical (unpaired) electrons. The number of hydrogen-bond acceptors (Lipinski definition) is 4. The first-order valence-corrected chi connectivity index (χ1v) is 8.63. The smallest absolute Gasteiger partial charge is 0.227 e. The number of nitrogens with one attached hydrogen (secondary N) is 1. The normalized spacial score (nSPS) is 13.7. The van der Waals surface area contributed by atoms with Crippen LogP contribution in [0, 0.1) is 0 Å². The number of carbonyl (C=O) groups is 2. The number of benzene rings is 2. The summed E-state index contributed by atoms with van der Waals surface area (Å²) < 4.78 is 5.35. The molecule has 3 rings (SSSR count). The lowest BCUT2D eigenvalue weighted by atomic mass is 10.1. The number of hydrogen-bond donors (Lipinski definition) is 2. The van der Waals surface area contributed by atoms with Crippen LogP contribution in [-0.2, 0) is 16.0 Å². The van der Waals surface area contributed by atoms with E-state index in [9.17, 15) is 14.7 Å². The van der Waals surface area contributed by atoms with Gasteiger partial charge in [-0.2, -0.15) is 0 Å². The lowest BCUT2D eigenvalue weighted by molar-refractivity contribution is -0.117. The number of anilines is 2. The number of phenolic OH excluding ortho intramolecular Hbond substituents is 1. The van der Waals surface area contributed by atoms with E-state index in [1.807, 2.05) is 6.07 Å². The summed E-state index contributed by atoms with van der Waals surface area (Å²) >= 11 is 0. The van der Waals surface area contributed by atoms with E-state index in [-0.39, 0.29) is 24.0 Å². The van der Waals surface area contributed by atoms with Gasteiger partial charge in [-0.1, -0.05) is 18.2 Å². The summed E-state index contributed by atoms with van der Waals surface area (Å²) in [5.74, 6) is 0.704. The molecule has 1 aliphatic rings. The second-order valence-electron chi connectivity index (χ2n) is 6.21. The number of ether oxygens (including phenoxy) is 1. The highest BCUT2D eigenvalue weighted by atomic mass is 16.5. The SMILES string of the molecule is COc1ccc(NC(=O)CCc2ccccc2O)cc1N1CCCC1=O. The van der Waals surface area contributed by atoms with Gasteiger partial charge in [0.25, 0.3) is 0 Å². The largest absolute Gasteiger partial charge is 0.508 e. The fourth-order valence-corrected chi connectivity index (χ4v) is 3.08. The van der Waals surface area contributed by atoms with Crippen LogP contribution in [-0.4, -0.2) is 30.6 Å². The van der Waals surface area contributed by atoms with Crippen LogP contribution >= 0.6 is 0 Å². The van der Waals surface area contributed by atoms with Crippen molar-refractivity contribution in [3.8, 4) is 11.5 Å². The quantitative estimate of drug-likeness (QED) is 0.835. The molecule has 6 heteroatoms. The minimum Gasteiger partial charge on any atom is -0.508 e. The lowest BCUT2D eigenvalue weighted by Gasteiger charge is -2.20. The summed E-state index contributed by atoms with van der Waals surface area (Å²) in [7, 11) is 1.56. The Kier molecular flexibility index (Phi) is 5.41. The molecule has 26 heavy (non-hydrogen) atoms. The van der Waals surface area contributed by atoms with Gasteiger partial charge in [0, 0.05) is 25.1 Å². The third-order valence-corrected chi connectivity index (χ3v) is 4.44. The van der Waals surface area contributed by atoms with E-state index in [1.54, 1.807) is 48.4 Å². The Balaban J connectivity index is 1.68. The van der Waals surface area contributed by atoms with Crippen molar-refractivity contribution in [2.75, 3.05) is 23.9 Å². The van der Waals surface area contributed by atoms with Gasteiger partial charge in [0.1, 0.15) is 11.5 Å². The fourth-order valence-electron chi connectivity index (χ4n) is 3.08. The molecular formula is C20H22N2O4. The van der Waals surface area contributed by atoms with Gasteiger partial charge in [-0.05, 0) is 42.7 Å². The van der Waals surface area contributed by atoms with Crippen LogP contribution in [0.5, 0.6) is 11.5 Å².